The summed E-state index contributed by atoms with van der Waals surface area (Å²) in [5.41, 5.74) is 6.47. The Morgan fingerprint density at radius 3 is 2.96 bits per heavy atom. The lowest BCUT2D eigenvalue weighted by Crippen LogP contribution is -2.50. The van der Waals surface area contributed by atoms with Gasteiger partial charge >= 0.3 is 0 Å². The van der Waals surface area contributed by atoms with E-state index in [1.165, 1.54) is 0 Å². The van der Waals surface area contributed by atoms with Gasteiger partial charge in [0.05, 0.1) is 0 Å². The van der Waals surface area contributed by atoms with Crippen molar-refractivity contribution in [2.24, 2.45) is 5.73 Å². The van der Waals surface area contributed by atoms with E-state index in [1.807, 2.05) is 36.1 Å². The highest BCUT2D eigenvalue weighted by Crippen LogP contribution is 2.18. The molecule has 6 nitrogen and oxygen atoms in total. The monoisotopic (exact) mass is 333 g/mol. The molecule has 0 radical (unpaired) electrons. The van der Waals surface area contributed by atoms with Crippen molar-refractivity contribution in [3.63, 3.8) is 0 Å². The molecule has 0 aromatic heterocycles. The highest BCUT2D eigenvalue weighted by atomic mass is 16.5. The van der Waals surface area contributed by atoms with E-state index in [9.17, 15) is 9.59 Å². The van der Waals surface area contributed by atoms with Crippen molar-refractivity contribution in [2.45, 2.75) is 38.6 Å². The van der Waals surface area contributed by atoms with Gasteiger partial charge < -0.3 is 20.7 Å². The van der Waals surface area contributed by atoms with Gasteiger partial charge in [0.15, 0.2) is 6.61 Å². The molecule has 2 amide bonds. The summed E-state index contributed by atoms with van der Waals surface area (Å²) in [6.45, 7) is 3.54. The summed E-state index contributed by atoms with van der Waals surface area (Å²) in [4.78, 5) is 25.9. The van der Waals surface area contributed by atoms with Crippen LogP contribution in [0, 0.1) is 6.92 Å². The fourth-order valence-corrected chi connectivity index (χ4v) is 2.93. The van der Waals surface area contributed by atoms with E-state index < -0.39 is 0 Å². The molecule has 0 bridgehead atoms. The van der Waals surface area contributed by atoms with E-state index in [-0.39, 0.29) is 24.5 Å². The number of hydrogen-bond acceptors (Lipinski definition) is 4. The standard InChI is InChI=1S/C18H27N3O3/c1-14-5-4-7-16(11-14)24-13-18(23)21-10-3-2-6-15(21)12-20-17(22)8-9-19/h4-5,7,11,15H,2-3,6,8-10,12-13,19H2,1H3,(H,20,22). The zero-order valence-electron chi connectivity index (χ0n) is 14.3. The van der Waals surface area contributed by atoms with Crippen LogP contribution in [-0.2, 0) is 9.59 Å². The third-order valence-electron chi connectivity index (χ3n) is 4.21. The van der Waals surface area contributed by atoms with Gasteiger partial charge in [0.2, 0.25) is 5.91 Å². The molecular weight excluding hydrogens is 306 g/mol. The average Bonchev–Trinajstić information content (AvgIpc) is 2.58. The Labute approximate surface area is 143 Å². The van der Waals surface area contributed by atoms with E-state index in [0.717, 1.165) is 24.8 Å². The summed E-state index contributed by atoms with van der Waals surface area (Å²) in [6.07, 6.45) is 3.28. The van der Waals surface area contributed by atoms with Crippen LogP contribution in [0.25, 0.3) is 0 Å². The molecule has 0 aliphatic carbocycles. The highest BCUT2D eigenvalue weighted by Gasteiger charge is 2.27. The Morgan fingerprint density at radius 2 is 2.21 bits per heavy atom. The number of aryl methyl sites for hydroxylation is 1. The van der Waals surface area contributed by atoms with Gasteiger partial charge in [0.1, 0.15) is 5.75 Å². The highest BCUT2D eigenvalue weighted by molar-refractivity contribution is 5.79. The third-order valence-corrected chi connectivity index (χ3v) is 4.21. The van der Waals surface area contributed by atoms with E-state index in [2.05, 4.69) is 5.32 Å². The first-order chi connectivity index (χ1) is 11.6. The van der Waals surface area contributed by atoms with Crippen molar-refractivity contribution in [1.29, 1.82) is 0 Å². The molecule has 132 valence electrons. The Bertz CT molecular complexity index is 562. The van der Waals surface area contributed by atoms with Crippen molar-refractivity contribution in [3.05, 3.63) is 29.8 Å². The molecule has 1 aromatic rings. The molecule has 1 aromatic carbocycles. The van der Waals surface area contributed by atoms with Gasteiger partial charge in [0, 0.05) is 32.1 Å². The molecule has 6 heteroatoms. The quantitative estimate of drug-likeness (QED) is 0.786. The van der Waals surface area contributed by atoms with Gasteiger partial charge in [-0.15, -0.1) is 0 Å². The second-order valence-electron chi connectivity index (χ2n) is 6.18. The maximum Gasteiger partial charge on any atom is 0.260 e. The number of piperidine rings is 1. The minimum absolute atomic E-state index is 0.0245. The van der Waals surface area contributed by atoms with E-state index in [4.69, 9.17) is 10.5 Å². The average molecular weight is 333 g/mol. The topological polar surface area (TPSA) is 84.7 Å². The summed E-state index contributed by atoms with van der Waals surface area (Å²) in [5, 5.41) is 2.87. The first kappa shape index (κ1) is 18.3. The maximum atomic E-state index is 12.5. The van der Waals surface area contributed by atoms with Crippen LogP contribution < -0.4 is 15.8 Å². The molecule has 1 saturated heterocycles. The number of nitrogens with one attached hydrogen (secondary N) is 1. The molecule has 1 heterocycles. The van der Waals surface area contributed by atoms with Gasteiger partial charge in [-0.25, -0.2) is 0 Å². The smallest absolute Gasteiger partial charge is 0.260 e. The SMILES string of the molecule is Cc1cccc(OCC(=O)N2CCCCC2CNC(=O)CCN)c1. The molecule has 1 fully saturated rings. The summed E-state index contributed by atoms with van der Waals surface area (Å²) in [7, 11) is 0. The van der Waals surface area contributed by atoms with Crippen LogP contribution in [0.3, 0.4) is 0 Å². The normalized spacial score (nSPS) is 17.4. The summed E-state index contributed by atoms with van der Waals surface area (Å²) >= 11 is 0. The summed E-state index contributed by atoms with van der Waals surface area (Å²) in [6, 6.07) is 7.69. The molecule has 1 unspecified atom stereocenters. The van der Waals surface area contributed by atoms with Gasteiger partial charge in [-0.3, -0.25) is 9.59 Å². The predicted octanol–water partition coefficient (Wildman–Crippen LogP) is 1.22. The number of ether oxygens (including phenoxy) is 1. The minimum atomic E-state index is -0.0634. The van der Waals surface area contributed by atoms with E-state index in [0.29, 0.717) is 31.8 Å². The molecule has 1 aliphatic rings. The molecule has 2 rings (SSSR count). The number of carbonyl (C=O) groups is 2. The van der Waals surface area contributed by atoms with Gasteiger partial charge in [-0.2, -0.15) is 0 Å². The zero-order valence-corrected chi connectivity index (χ0v) is 14.3. The van der Waals surface area contributed by atoms with Crippen LogP contribution in [0.4, 0.5) is 0 Å². The summed E-state index contributed by atoms with van der Waals surface area (Å²) < 4.78 is 5.62. The predicted molar refractivity (Wildman–Crippen MR) is 92.7 cm³/mol. The van der Waals surface area contributed by atoms with Crippen LogP contribution in [0.2, 0.25) is 0 Å². The van der Waals surface area contributed by atoms with Crippen LogP contribution in [0.15, 0.2) is 24.3 Å². The van der Waals surface area contributed by atoms with E-state index >= 15 is 0 Å². The first-order valence-electron chi connectivity index (χ1n) is 8.56. The number of hydrogen-bond donors (Lipinski definition) is 2. The molecule has 1 aliphatic heterocycles. The van der Waals surface area contributed by atoms with Crippen LogP contribution in [0.1, 0.15) is 31.2 Å². The number of carbonyl (C=O) groups excluding carboxylic acids is 2. The third kappa shape index (κ3) is 5.53. The molecule has 1 atom stereocenters. The molecule has 0 spiro atoms. The lowest BCUT2D eigenvalue weighted by molar-refractivity contribution is -0.137. The molecule has 24 heavy (non-hydrogen) atoms. The number of nitrogens with two attached hydrogens (primary N) is 1. The van der Waals surface area contributed by atoms with Crippen LogP contribution in [-0.4, -0.2) is 49.0 Å². The van der Waals surface area contributed by atoms with Crippen LogP contribution in [0.5, 0.6) is 5.75 Å². The maximum absolute atomic E-state index is 12.5. The Morgan fingerprint density at radius 1 is 1.38 bits per heavy atom. The second-order valence-corrected chi connectivity index (χ2v) is 6.18. The Kier molecular flexibility index (Phi) is 7.06. The molecule has 0 saturated carbocycles. The van der Waals surface area contributed by atoms with Crippen LogP contribution >= 0.6 is 0 Å². The fourth-order valence-electron chi connectivity index (χ4n) is 2.93. The lowest BCUT2D eigenvalue weighted by Gasteiger charge is -2.35. The van der Waals surface area contributed by atoms with E-state index in [1.54, 1.807) is 0 Å². The van der Waals surface area contributed by atoms with Gasteiger partial charge in [0.25, 0.3) is 5.91 Å². The Balaban J connectivity index is 1.86. The fraction of sp³-hybridized carbons (Fsp3) is 0.556. The number of benzene rings is 1. The zero-order chi connectivity index (χ0) is 17.4. The van der Waals surface area contributed by atoms with Crippen molar-refractivity contribution in [2.75, 3.05) is 26.2 Å². The largest absolute Gasteiger partial charge is 0.484 e. The van der Waals surface area contributed by atoms with Crippen molar-refractivity contribution >= 4 is 11.8 Å². The number of rotatable bonds is 7. The summed E-state index contributed by atoms with van der Waals surface area (Å²) in [5.74, 6) is 0.605. The van der Waals surface area contributed by atoms with Gasteiger partial charge in [-0.1, -0.05) is 12.1 Å². The first-order valence-corrected chi connectivity index (χ1v) is 8.56. The molecule has 3 N–H and O–H groups in total. The Hall–Kier alpha value is -2.08. The molecular formula is C18H27N3O3. The number of likely N-dealkylation sites (tertiary alicyclic amines) is 1. The van der Waals surface area contributed by atoms with Gasteiger partial charge in [-0.05, 0) is 43.9 Å². The lowest BCUT2D eigenvalue weighted by atomic mass is 10.0. The number of nitrogens with zero attached hydrogens (tertiary/aromatic N) is 1. The van der Waals surface area contributed by atoms with Crippen molar-refractivity contribution < 1.29 is 14.3 Å². The van der Waals surface area contributed by atoms with Crippen molar-refractivity contribution in [3.8, 4) is 5.75 Å². The van der Waals surface area contributed by atoms with Crippen molar-refractivity contribution in [1.82, 2.24) is 10.2 Å². The number of amides is 2. The minimum Gasteiger partial charge on any atom is -0.484 e. The second kappa shape index (κ2) is 9.27.